The molecule has 0 atom stereocenters. The van der Waals surface area contributed by atoms with Crippen LogP contribution in [0.5, 0.6) is 5.75 Å². The number of methoxy groups -OCH3 is 2. The third-order valence-corrected chi connectivity index (χ3v) is 3.13. The quantitative estimate of drug-likeness (QED) is 0.800. The van der Waals surface area contributed by atoms with Crippen LogP contribution in [0.25, 0.3) is 10.8 Å². The second-order valence-electron chi connectivity index (χ2n) is 3.32. The van der Waals surface area contributed by atoms with Gasteiger partial charge in [-0.05, 0) is 18.2 Å². The lowest BCUT2D eigenvalue weighted by atomic mass is 10.1. The third-order valence-electron chi connectivity index (χ3n) is 2.43. The first-order valence-electron chi connectivity index (χ1n) is 4.88. The van der Waals surface area contributed by atoms with Crippen molar-refractivity contribution in [3.8, 4) is 5.75 Å². The predicted octanol–water partition coefficient (Wildman–Crippen LogP) is 2.79. The number of fused-ring (bicyclic) bond motifs is 1. The van der Waals surface area contributed by atoms with E-state index in [1.807, 2.05) is 12.1 Å². The number of hydrogen-bond donors (Lipinski definition) is 0. The van der Waals surface area contributed by atoms with Gasteiger partial charge in [0.15, 0.2) is 5.69 Å². The van der Waals surface area contributed by atoms with E-state index in [4.69, 9.17) is 9.47 Å². The molecule has 0 saturated carbocycles. The first kappa shape index (κ1) is 11.9. The summed E-state index contributed by atoms with van der Waals surface area (Å²) in [6.07, 6.45) is 1.57. The van der Waals surface area contributed by atoms with Gasteiger partial charge in [-0.3, -0.25) is 0 Å². The van der Waals surface area contributed by atoms with Gasteiger partial charge in [0.25, 0.3) is 0 Å². The minimum absolute atomic E-state index is 0.253. The van der Waals surface area contributed by atoms with Crippen molar-refractivity contribution in [2.75, 3.05) is 14.2 Å². The molecule has 0 N–H and O–H groups in total. The van der Waals surface area contributed by atoms with Gasteiger partial charge < -0.3 is 9.47 Å². The molecule has 0 aliphatic heterocycles. The van der Waals surface area contributed by atoms with Gasteiger partial charge in [0.1, 0.15) is 5.75 Å². The van der Waals surface area contributed by atoms with Crippen molar-refractivity contribution in [1.29, 1.82) is 0 Å². The fourth-order valence-electron chi connectivity index (χ4n) is 1.65. The number of hydrogen-bond acceptors (Lipinski definition) is 4. The Balaban J connectivity index is 2.85. The van der Waals surface area contributed by atoms with Gasteiger partial charge in [-0.25, -0.2) is 9.78 Å². The zero-order valence-corrected chi connectivity index (χ0v) is 10.9. The molecule has 17 heavy (non-hydrogen) atoms. The molecular formula is C12H10BrNO3. The summed E-state index contributed by atoms with van der Waals surface area (Å²) in [7, 11) is 2.88. The Hall–Kier alpha value is -1.62. The average molecular weight is 296 g/mol. The van der Waals surface area contributed by atoms with E-state index in [0.29, 0.717) is 11.1 Å². The number of pyridine rings is 1. The maximum atomic E-state index is 11.7. The molecule has 0 aliphatic carbocycles. The van der Waals surface area contributed by atoms with Crippen LogP contribution in [0.1, 0.15) is 10.5 Å². The molecule has 0 fully saturated rings. The fourth-order valence-corrected chi connectivity index (χ4v) is 2.12. The highest BCUT2D eigenvalue weighted by Gasteiger charge is 2.16. The van der Waals surface area contributed by atoms with E-state index in [0.717, 1.165) is 9.86 Å². The van der Waals surface area contributed by atoms with Crippen molar-refractivity contribution in [3.05, 3.63) is 34.6 Å². The number of rotatable bonds is 2. The van der Waals surface area contributed by atoms with E-state index in [2.05, 4.69) is 20.9 Å². The molecular weight excluding hydrogens is 286 g/mol. The Kier molecular flexibility index (Phi) is 3.28. The number of benzene rings is 1. The monoisotopic (exact) mass is 295 g/mol. The van der Waals surface area contributed by atoms with E-state index in [1.165, 1.54) is 7.11 Å². The first-order chi connectivity index (χ1) is 8.19. The summed E-state index contributed by atoms with van der Waals surface area (Å²) in [5, 5.41) is 1.51. The van der Waals surface area contributed by atoms with Crippen molar-refractivity contribution in [3.63, 3.8) is 0 Å². The molecule has 0 saturated heterocycles. The SMILES string of the molecule is COC(=O)c1nccc2c(Br)ccc(OC)c12. The average Bonchev–Trinajstić information content (AvgIpc) is 2.38. The number of nitrogens with zero attached hydrogens (tertiary/aromatic N) is 1. The summed E-state index contributed by atoms with van der Waals surface area (Å²) in [5.74, 6) is 0.115. The van der Waals surface area contributed by atoms with Crippen LogP contribution in [0.3, 0.4) is 0 Å². The van der Waals surface area contributed by atoms with Gasteiger partial charge in [0, 0.05) is 16.1 Å². The second-order valence-corrected chi connectivity index (χ2v) is 4.18. The predicted molar refractivity (Wildman–Crippen MR) is 67.3 cm³/mol. The number of aromatic nitrogens is 1. The molecule has 5 heteroatoms. The topological polar surface area (TPSA) is 48.4 Å². The summed E-state index contributed by atoms with van der Waals surface area (Å²) in [4.78, 5) is 15.7. The highest BCUT2D eigenvalue weighted by atomic mass is 79.9. The van der Waals surface area contributed by atoms with Crippen molar-refractivity contribution >= 4 is 32.7 Å². The maximum absolute atomic E-state index is 11.7. The Morgan fingerprint density at radius 2 is 2.06 bits per heavy atom. The molecule has 2 aromatic rings. The zero-order valence-electron chi connectivity index (χ0n) is 9.36. The third kappa shape index (κ3) is 1.98. The van der Waals surface area contributed by atoms with Gasteiger partial charge in [0.05, 0.1) is 19.6 Å². The molecule has 0 bridgehead atoms. The second kappa shape index (κ2) is 4.71. The summed E-state index contributed by atoms with van der Waals surface area (Å²) in [5.41, 5.74) is 0.253. The van der Waals surface area contributed by atoms with E-state index in [9.17, 15) is 4.79 Å². The van der Waals surface area contributed by atoms with Crippen LogP contribution in [-0.4, -0.2) is 25.2 Å². The van der Waals surface area contributed by atoms with Crippen LogP contribution in [0.2, 0.25) is 0 Å². The normalized spacial score (nSPS) is 10.3. The van der Waals surface area contributed by atoms with Crippen LogP contribution in [0.4, 0.5) is 0 Å². The molecule has 0 amide bonds. The summed E-state index contributed by atoms with van der Waals surface area (Å²) in [6.45, 7) is 0. The van der Waals surface area contributed by atoms with Crippen molar-refractivity contribution in [2.45, 2.75) is 0 Å². The van der Waals surface area contributed by atoms with Crippen LogP contribution in [-0.2, 0) is 4.74 Å². The Bertz CT molecular complexity index is 583. The lowest BCUT2D eigenvalue weighted by Gasteiger charge is -2.09. The number of halogens is 1. The lowest BCUT2D eigenvalue weighted by molar-refractivity contribution is 0.0596. The molecule has 0 aliphatic rings. The van der Waals surface area contributed by atoms with E-state index >= 15 is 0 Å². The number of esters is 1. The minimum atomic E-state index is -0.480. The van der Waals surface area contributed by atoms with Crippen molar-refractivity contribution in [2.24, 2.45) is 0 Å². The van der Waals surface area contributed by atoms with Gasteiger partial charge >= 0.3 is 5.97 Å². The Morgan fingerprint density at radius 1 is 1.29 bits per heavy atom. The van der Waals surface area contributed by atoms with Crippen molar-refractivity contribution in [1.82, 2.24) is 4.98 Å². The Morgan fingerprint density at radius 3 is 2.71 bits per heavy atom. The van der Waals surface area contributed by atoms with Crippen molar-refractivity contribution < 1.29 is 14.3 Å². The molecule has 88 valence electrons. The largest absolute Gasteiger partial charge is 0.496 e. The van der Waals surface area contributed by atoms with E-state index < -0.39 is 5.97 Å². The summed E-state index contributed by atoms with van der Waals surface area (Å²) in [6, 6.07) is 5.46. The summed E-state index contributed by atoms with van der Waals surface area (Å²) < 4.78 is 10.8. The van der Waals surface area contributed by atoms with Crippen LogP contribution < -0.4 is 4.74 Å². The molecule has 4 nitrogen and oxygen atoms in total. The Labute approximate surface area is 107 Å². The van der Waals surface area contributed by atoms with E-state index in [-0.39, 0.29) is 5.69 Å². The summed E-state index contributed by atoms with van der Waals surface area (Å²) >= 11 is 3.43. The minimum Gasteiger partial charge on any atom is -0.496 e. The zero-order chi connectivity index (χ0) is 12.4. The lowest BCUT2D eigenvalue weighted by Crippen LogP contribution is -2.05. The van der Waals surface area contributed by atoms with Gasteiger partial charge in [-0.2, -0.15) is 0 Å². The van der Waals surface area contributed by atoms with Crippen LogP contribution in [0, 0.1) is 0 Å². The molecule has 1 aromatic heterocycles. The molecule has 0 unspecified atom stereocenters. The first-order valence-corrected chi connectivity index (χ1v) is 5.68. The smallest absolute Gasteiger partial charge is 0.357 e. The number of carbonyl (C=O) groups excluding carboxylic acids is 1. The maximum Gasteiger partial charge on any atom is 0.357 e. The molecule has 2 rings (SSSR count). The van der Waals surface area contributed by atoms with Crippen LogP contribution in [0.15, 0.2) is 28.9 Å². The fraction of sp³-hybridized carbons (Fsp3) is 0.167. The molecule has 1 aromatic carbocycles. The molecule has 1 heterocycles. The van der Waals surface area contributed by atoms with Gasteiger partial charge in [-0.1, -0.05) is 15.9 Å². The van der Waals surface area contributed by atoms with Crippen LogP contribution >= 0.6 is 15.9 Å². The highest BCUT2D eigenvalue weighted by molar-refractivity contribution is 9.10. The highest BCUT2D eigenvalue weighted by Crippen LogP contribution is 2.33. The van der Waals surface area contributed by atoms with E-state index in [1.54, 1.807) is 19.4 Å². The number of carbonyl (C=O) groups is 1. The molecule has 0 radical (unpaired) electrons. The van der Waals surface area contributed by atoms with Gasteiger partial charge in [-0.15, -0.1) is 0 Å². The number of ether oxygens (including phenoxy) is 2. The standard InChI is InChI=1S/C12H10BrNO3/c1-16-9-4-3-8(13)7-5-6-14-11(10(7)9)12(15)17-2/h3-6H,1-2H3. The van der Waals surface area contributed by atoms with Gasteiger partial charge in [0.2, 0.25) is 0 Å². The molecule has 0 spiro atoms.